The molecule has 0 saturated carbocycles. The fourth-order valence-corrected chi connectivity index (χ4v) is 3.63. The standard InChI is InChI=1S/C22H27ClN2O2/c1-3-25(4-2)14-17-8-6-5-7-16(17)13-24-22(26)19-11-18-12-20(23)9-10-21(18)27-15-19/h5-10,12,19H,3-4,11,13-15H2,1-2H3,(H,24,26)/t19-/m0/s1. The van der Waals surface area contributed by atoms with Crippen molar-refractivity contribution in [1.82, 2.24) is 10.2 Å². The third kappa shape index (κ3) is 5.02. The Morgan fingerprint density at radius 2 is 1.93 bits per heavy atom. The van der Waals surface area contributed by atoms with Crippen LogP contribution in [0.4, 0.5) is 0 Å². The van der Waals surface area contributed by atoms with Crippen LogP contribution >= 0.6 is 11.6 Å². The number of hydrogen-bond donors (Lipinski definition) is 1. The minimum absolute atomic E-state index is 0.0262. The number of amides is 1. The van der Waals surface area contributed by atoms with E-state index in [0.29, 0.717) is 24.6 Å². The van der Waals surface area contributed by atoms with E-state index in [1.54, 1.807) is 0 Å². The molecule has 2 aromatic carbocycles. The summed E-state index contributed by atoms with van der Waals surface area (Å²) >= 11 is 6.07. The predicted molar refractivity (Wildman–Crippen MR) is 109 cm³/mol. The maximum atomic E-state index is 12.7. The fraction of sp³-hybridized carbons (Fsp3) is 0.409. The molecule has 0 aromatic heterocycles. The van der Waals surface area contributed by atoms with Crippen molar-refractivity contribution in [1.29, 1.82) is 0 Å². The molecule has 1 amide bonds. The molecule has 0 aliphatic carbocycles. The minimum atomic E-state index is -0.189. The van der Waals surface area contributed by atoms with Crippen LogP contribution in [-0.4, -0.2) is 30.5 Å². The average Bonchev–Trinajstić information content (AvgIpc) is 2.70. The van der Waals surface area contributed by atoms with Crippen LogP contribution in [0.25, 0.3) is 0 Å². The maximum absolute atomic E-state index is 12.7. The molecule has 27 heavy (non-hydrogen) atoms. The van der Waals surface area contributed by atoms with E-state index in [0.717, 1.165) is 36.5 Å². The Bertz CT molecular complexity index is 790. The van der Waals surface area contributed by atoms with E-state index in [9.17, 15) is 4.79 Å². The highest BCUT2D eigenvalue weighted by atomic mass is 35.5. The molecule has 1 atom stereocenters. The van der Waals surface area contributed by atoms with Gasteiger partial charge in [-0.15, -0.1) is 0 Å². The number of carbonyl (C=O) groups is 1. The van der Waals surface area contributed by atoms with Gasteiger partial charge >= 0.3 is 0 Å². The molecular weight excluding hydrogens is 360 g/mol. The zero-order valence-electron chi connectivity index (χ0n) is 16.0. The quantitative estimate of drug-likeness (QED) is 0.780. The molecule has 3 rings (SSSR count). The Balaban J connectivity index is 1.61. The molecule has 2 aromatic rings. The number of rotatable bonds is 7. The topological polar surface area (TPSA) is 41.6 Å². The van der Waals surface area contributed by atoms with Gasteiger partial charge in [0.2, 0.25) is 5.91 Å². The van der Waals surface area contributed by atoms with Crippen molar-refractivity contribution < 1.29 is 9.53 Å². The summed E-state index contributed by atoms with van der Waals surface area (Å²) in [6, 6.07) is 13.9. The summed E-state index contributed by atoms with van der Waals surface area (Å²) < 4.78 is 5.74. The zero-order chi connectivity index (χ0) is 19.2. The summed E-state index contributed by atoms with van der Waals surface area (Å²) in [5, 5.41) is 3.76. The molecule has 144 valence electrons. The fourth-order valence-electron chi connectivity index (χ4n) is 3.43. The van der Waals surface area contributed by atoms with Crippen molar-refractivity contribution in [3.63, 3.8) is 0 Å². The number of halogens is 1. The van der Waals surface area contributed by atoms with Crippen molar-refractivity contribution in [2.75, 3.05) is 19.7 Å². The van der Waals surface area contributed by atoms with E-state index in [1.165, 1.54) is 5.56 Å². The first kappa shape index (κ1) is 19.7. The van der Waals surface area contributed by atoms with Crippen LogP contribution < -0.4 is 10.1 Å². The first-order valence-electron chi connectivity index (χ1n) is 9.58. The van der Waals surface area contributed by atoms with E-state index in [2.05, 4.69) is 42.3 Å². The molecule has 1 N–H and O–H groups in total. The van der Waals surface area contributed by atoms with E-state index >= 15 is 0 Å². The van der Waals surface area contributed by atoms with Crippen LogP contribution in [0.1, 0.15) is 30.5 Å². The van der Waals surface area contributed by atoms with Gasteiger partial charge in [0.1, 0.15) is 12.4 Å². The van der Waals surface area contributed by atoms with Crippen LogP contribution in [0.15, 0.2) is 42.5 Å². The van der Waals surface area contributed by atoms with E-state index < -0.39 is 0 Å². The summed E-state index contributed by atoms with van der Waals surface area (Å²) in [5.74, 6) is 0.664. The molecule has 0 fully saturated rings. The Kier molecular flexibility index (Phi) is 6.75. The lowest BCUT2D eigenvalue weighted by Gasteiger charge is -2.25. The number of carbonyl (C=O) groups excluding carboxylic acids is 1. The Hall–Kier alpha value is -2.04. The summed E-state index contributed by atoms with van der Waals surface area (Å²) in [5.41, 5.74) is 3.42. The highest BCUT2D eigenvalue weighted by Crippen LogP contribution is 2.29. The zero-order valence-corrected chi connectivity index (χ0v) is 16.8. The van der Waals surface area contributed by atoms with Crippen LogP contribution in [0.3, 0.4) is 0 Å². The van der Waals surface area contributed by atoms with Gasteiger partial charge in [-0.3, -0.25) is 9.69 Å². The van der Waals surface area contributed by atoms with Gasteiger partial charge in [-0.2, -0.15) is 0 Å². The Morgan fingerprint density at radius 1 is 1.19 bits per heavy atom. The summed E-state index contributed by atoms with van der Waals surface area (Å²) in [4.78, 5) is 15.0. The number of nitrogens with one attached hydrogen (secondary N) is 1. The molecule has 1 aliphatic rings. The smallest absolute Gasteiger partial charge is 0.227 e. The lowest BCUT2D eigenvalue weighted by molar-refractivity contribution is -0.126. The highest BCUT2D eigenvalue weighted by Gasteiger charge is 2.26. The number of benzene rings is 2. The monoisotopic (exact) mass is 386 g/mol. The second-order valence-corrected chi connectivity index (χ2v) is 7.35. The van der Waals surface area contributed by atoms with Gasteiger partial charge in [0.05, 0.1) is 5.92 Å². The second-order valence-electron chi connectivity index (χ2n) is 6.91. The largest absolute Gasteiger partial charge is 0.492 e. The number of hydrogen-bond acceptors (Lipinski definition) is 3. The van der Waals surface area contributed by atoms with Gasteiger partial charge in [0, 0.05) is 18.1 Å². The van der Waals surface area contributed by atoms with Crippen LogP contribution in [-0.2, 0) is 24.3 Å². The minimum Gasteiger partial charge on any atom is -0.492 e. The maximum Gasteiger partial charge on any atom is 0.227 e. The summed E-state index contributed by atoms with van der Waals surface area (Å²) in [7, 11) is 0. The van der Waals surface area contributed by atoms with Gasteiger partial charge in [-0.1, -0.05) is 49.7 Å². The van der Waals surface area contributed by atoms with Crippen molar-refractivity contribution in [3.8, 4) is 5.75 Å². The van der Waals surface area contributed by atoms with Gasteiger partial charge in [-0.25, -0.2) is 0 Å². The molecule has 0 spiro atoms. The summed E-state index contributed by atoms with van der Waals surface area (Å²) in [6.45, 7) is 8.20. The molecular formula is C22H27ClN2O2. The molecule has 4 nitrogen and oxygen atoms in total. The van der Waals surface area contributed by atoms with Gasteiger partial charge in [0.25, 0.3) is 0 Å². The van der Waals surface area contributed by atoms with Crippen LogP contribution in [0.2, 0.25) is 5.02 Å². The van der Waals surface area contributed by atoms with Crippen LogP contribution in [0, 0.1) is 5.92 Å². The van der Waals surface area contributed by atoms with Gasteiger partial charge < -0.3 is 10.1 Å². The third-order valence-corrected chi connectivity index (χ3v) is 5.39. The Labute approximate surface area is 166 Å². The van der Waals surface area contributed by atoms with Crippen LogP contribution in [0.5, 0.6) is 5.75 Å². The molecule has 0 bridgehead atoms. The molecule has 5 heteroatoms. The number of fused-ring (bicyclic) bond motifs is 1. The molecule has 0 unspecified atom stereocenters. The number of nitrogens with zero attached hydrogens (tertiary/aromatic N) is 1. The highest BCUT2D eigenvalue weighted by molar-refractivity contribution is 6.30. The molecule has 1 aliphatic heterocycles. The predicted octanol–water partition coefficient (Wildman–Crippen LogP) is 4.05. The normalized spacial score (nSPS) is 15.9. The van der Waals surface area contributed by atoms with E-state index in [-0.39, 0.29) is 11.8 Å². The first-order chi connectivity index (χ1) is 13.1. The summed E-state index contributed by atoms with van der Waals surface area (Å²) in [6.07, 6.45) is 0.656. The van der Waals surface area contributed by atoms with Crippen molar-refractivity contribution in [3.05, 3.63) is 64.2 Å². The van der Waals surface area contributed by atoms with E-state index in [4.69, 9.17) is 16.3 Å². The van der Waals surface area contributed by atoms with Crippen molar-refractivity contribution in [2.24, 2.45) is 5.92 Å². The average molecular weight is 387 g/mol. The van der Waals surface area contributed by atoms with Gasteiger partial charge in [-0.05, 0) is 54.4 Å². The first-order valence-corrected chi connectivity index (χ1v) is 9.96. The van der Waals surface area contributed by atoms with Crippen molar-refractivity contribution >= 4 is 17.5 Å². The Morgan fingerprint density at radius 3 is 2.67 bits per heavy atom. The molecule has 1 heterocycles. The number of ether oxygens (including phenoxy) is 1. The lowest BCUT2D eigenvalue weighted by Crippen LogP contribution is -2.37. The molecule has 0 saturated heterocycles. The SMILES string of the molecule is CCN(CC)Cc1ccccc1CNC(=O)[C@@H]1COc2ccc(Cl)cc2C1. The van der Waals surface area contributed by atoms with E-state index in [1.807, 2.05) is 24.3 Å². The lowest BCUT2D eigenvalue weighted by atomic mass is 9.96. The van der Waals surface area contributed by atoms with Crippen molar-refractivity contribution in [2.45, 2.75) is 33.4 Å². The second kappa shape index (κ2) is 9.25. The third-order valence-electron chi connectivity index (χ3n) is 5.16. The van der Waals surface area contributed by atoms with Gasteiger partial charge in [0.15, 0.2) is 0 Å². The molecule has 0 radical (unpaired) electrons.